The maximum absolute atomic E-state index is 11.6. The van der Waals surface area contributed by atoms with E-state index in [1.54, 1.807) is 18.3 Å². The molecule has 0 aliphatic rings. The van der Waals surface area contributed by atoms with Crippen LogP contribution in [0.4, 0.5) is 5.82 Å². The number of hydrogen-bond acceptors (Lipinski definition) is 4. The minimum Gasteiger partial charge on any atom is -0.305 e. The van der Waals surface area contributed by atoms with E-state index in [1.165, 1.54) is 18.6 Å². The Hall–Kier alpha value is -1.82. The van der Waals surface area contributed by atoms with Gasteiger partial charge in [0.1, 0.15) is 11.5 Å². The lowest BCUT2D eigenvalue weighted by atomic mass is 10.4. The van der Waals surface area contributed by atoms with Crippen LogP contribution in [-0.4, -0.2) is 20.9 Å². The van der Waals surface area contributed by atoms with Crippen molar-refractivity contribution in [2.75, 3.05) is 5.32 Å². The van der Waals surface area contributed by atoms with Crippen molar-refractivity contribution >= 4 is 27.7 Å². The highest BCUT2D eigenvalue weighted by Crippen LogP contribution is 2.10. The standard InChI is InChI=1S/C10H7BrN4O/c11-7-1-2-9(14-5-7)15-10(16)8-6-12-3-4-13-8/h1-6H,(H,14,15,16). The Labute approximate surface area is 100 Å². The van der Waals surface area contributed by atoms with Crippen LogP contribution in [0.3, 0.4) is 0 Å². The number of halogens is 1. The number of pyridine rings is 1. The summed E-state index contributed by atoms with van der Waals surface area (Å²) >= 11 is 3.26. The molecule has 0 spiro atoms. The number of amides is 1. The van der Waals surface area contributed by atoms with E-state index < -0.39 is 0 Å². The Balaban J connectivity index is 2.11. The van der Waals surface area contributed by atoms with E-state index in [0.29, 0.717) is 5.82 Å². The average Bonchev–Trinajstić information content (AvgIpc) is 2.33. The monoisotopic (exact) mass is 278 g/mol. The minimum atomic E-state index is -0.331. The van der Waals surface area contributed by atoms with Gasteiger partial charge in [-0.2, -0.15) is 0 Å². The summed E-state index contributed by atoms with van der Waals surface area (Å²) in [5, 5.41) is 2.61. The van der Waals surface area contributed by atoms with Crippen molar-refractivity contribution in [2.45, 2.75) is 0 Å². The summed E-state index contributed by atoms with van der Waals surface area (Å²) in [6.45, 7) is 0. The lowest BCUT2D eigenvalue weighted by Gasteiger charge is -2.02. The topological polar surface area (TPSA) is 67.8 Å². The minimum absolute atomic E-state index is 0.257. The molecule has 0 bridgehead atoms. The maximum Gasteiger partial charge on any atom is 0.277 e. The molecule has 1 N–H and O–H groups in total. The molecule has 80 valence electrons. The largest absolute Gasteiger partial charge is 0.305 e. The van der Waals surface area contributed by atoms with Crippen molar-refractivity contribution < 1.29 is 4.79 Å². The Morgan fingerprint density at radius 2 is 2.06 bits per heavy atom. The fourth-order valence-corrected chi connectivity index (χ4v) is 1.28. The molecule has 0 saturated carbocycles. The molecule has 2 heterocycles. The quantitative estimate of drug-likeness (QED) is 0.911. The molecule has 0 saturated heterocycles. The van der Waals surface area contributed by atoms with Crippen molar-refractivity contribution in [3.8, 4) is 0 Å². The second-order valence-electron chi connectivity index (χ2n) is 2.91. The van der Waals surface area contributed by atoms with Gasteiger partial charge in [-0.15, -0.1) is 0 Å². The van der Waals surface area contributed by atoms with E-state index in [9.17, 15) is 4.79 Å². The van der Waals surface area contributed by atoms with Crippen LogP contribution in [0.5, 0.6) is 0 Å². The van der Waals surface area contributed by atoms with Crippen molar-refractivity contribution in [3.63, 3.8) is 0 Å². The van der Waals surface area contributed by atoms with Gasteiger partial charge in [-0.25, -0.2) is 9.97 Å². The van der Waals surface area contributed by atoms with Gasteiger partial charge in [-0.3, -0.25) is 9.78 Å². The first-order valence-electron chi connectivity index (χ1n) is 4.44. The molecule has 0 aliphatic heterocycles. The number of nitrogens with one attached hydrogen (secondary N) is 1. The van der Waals surface area contributed by atoms with Crippen molar-refractivity contribution in [1.29, 1.82) is 0 Å². The first-order chi connectivity index (χ1) is 7.75. The zero-order valence-electron chi connectivity index (χ0n) is 8.09. The van der Waals surface area contributed by atoms with Gasteiger partial charge in [0.2, 0.25) is 0 Å². The van der Waals surface area contributed by atoms with Gasteiger partial charge in [-0.1, -0.05) is 0 Å². The van der Waals surface area contributed by atoms with Gasteiger partial charge in [0, 0.05) is 23.1 Å². The highest BCUT2D eigenvalue weighted by atomic mass is 79.9. The third-order valence-corrected chi connectivity index (χ3v) is 2.23. The van der Waals surface area contributed by atoms with Crippen molar-refractivity contribution in [3.05, 3.63) is 47.1 Å². The molecule has 0 unspecified atom stereocenters. The lowest BCUT2D eigenvalue weighted by Crippen LogP contribution is -2.14. The summed E-state index contributed by atoms with van der Waals surface area (Å²) in [7, 11) is 0. The number of hydrogen-bond donors (Lipinski definition) is 1. The highest BCUT2D eigenvalue weighted by Gasteiger charge is 2.07. The SMILES string of the molecule is O=C(Nc1ccc(Br)cn1)c1cnccn1. The van der Waals surface area contributed by atoms with Gasteiger partial charge in [0.25, 0.3) is 5.91 Å². The average molecular weight is 279 g/mol. The number of aromatic nitrogens is 3. The Kier molecular flexibility index (Phi) is 3.21. The molecule has 0 fully saturated rings. The zero-order valence-corrected chi connectivity index (χ0v) is 9.68. The van der Waals surface area contributed by atoms with Crippen LogP contribution in [0.25, 0.3) is 0 Å². The van der Waals surface area contributed by atoms with Crippen LogP contribution in [0, 0.1) is 0 Å². The molecule has 5 nitrogen and oxygen atoms in total. The Morgan fingerprint density at radius 1 is 1.19 bits per heavy atom. The van der Waals surface area contributed by atoms with Crippen LogP contribution >= 0.6 is 15.9 Å². The van der Waals surface area contributed by atoms with Crippen LogP contribution in [0.1, 0.15) is 10.5 Å². The normalized spacial score (nSPS) is 9.81. The molecule has 2 aromatic heterocycles. The number of nitrogens with zero attached hydrogens (tertiary/aromatic N) is 3. The second-order valence-corrected chi connectivity index (χ2v) is 3.82. The summed E-state index contributed by atoms with van der Waals surface area (Å²) in [4.78, 5) is 23.3. The summed E-state index contributed by atoms with van der Waals surface area (Å²) in [6, 6.07) is 3.48. The maximum atomic E-state index is 11.6. The molecule has 0 aliphatic carbocycles. The lowest BCUT2D eigenvalue weighted by molar-refractivity contribution is 0.102. The summed E-state index contributed by atoms with van der Waals surface area (Å²) < 4.78 is 0.852. The molecule has 1 amide bonds. The second kappa shape index (κ2) is 4.80. The van der Waals surface area contributed by atoms with Gasteiger partial charge >= 0.3 is 0 Å². The Bertz CT molecular complexity index is 486. The van der Waals surface area contributed by atoms with E-state index in [-0.39, 0.29) is 11.6 Å². The highest BCUT2D eigenvalue weighted by molar-refractivity contribution is 9.10. The zero-order chi connectivity index (χ0) is 11.4. The fraction of sp³-hybridized carbons (Fsp3) is 0. The first-order valence-corrected chi connectivity index (χ1v) is 5.24. The summed E-state index contributed by atoms with van der Waals surface area (Å²) in [5.74, 6) is 0.141. The number of carbonyl (C=O) groups is 1. The third-order valence-electron chi connectivity index (χ3n) is 1.76. The Morgan fingerprint density at radius 3 is 2.69 bits per heavy atom. The summed E-state index contributed by atoms with van der Waals surface area (Å²) in [5.41, 5.74) is 0.257. The number of carbonyl (C=O) groups excluding carboxylic acids is 1. The molecule has 0 atom stereocenters. The van der Waals surface area contributed by atoms with E-state index >= 15 is 0 Å². The van der Waals surface area contributed by atoms with Crippen LogP contribution in [0.15, 0.2) is 41.4 Å². The predicted molar refractivity (Wildman–Crippen MR) is 61.9 cm³/mol. The molecule has 2 aromatic rings. The third kappa shape index (κ3) is 2.60. The smallest absolute Gasteiger partial charge is 0.277 e. The molecule has 16 heavy (non-hydrogen) atoms. The van der Waals surface area contributed by atoms with Gasteiger partial charge in [-0.05, 0) is 28.1 Å². The van der Waals surface area contributed by atoms with E-state index in [1.807, 2.05) is 0 Å². The van der Waals surface area contributed by atoms with Crippen LogP contribution < -0.4 is 5.32 Å². The van der Waals surface area contributed by atoms with E-state index in [2.05, 4.69) is 36.2 Å². The van der Waals surface area contributed by atoms with Crippen molar-refractivity contribution in [2.24, 2.45) is 0 Å². The number of anilines is 1. The number of rotatable bonds is 2. The molecular formula is C10H7BrN4O. The molecule has 0 radical (unpaired) electrons. The summed E-state index contributed by atoms with van der Waals surface area (Å²) in [6.07, 6.45) is 5.97. The van der Waals surface area contributed by atoms with Gasteiger partial charge < -0.3 is 5.32 Å². The predicted octanol–water partition coefficient (Wildman–Crippen LogP) is 1.89. The van der Waals surface area contributed by atoms with Gasteiger partial charge in [0.05, 0.1) is 6.20 Å². The van der Waals surface area contributed by atoms with Crippen LogP contribution in [-0.2, 0) is 0 Å². The first kappa shape index (κ1) is 10.7. The fourth-order valence-electron chi connectivity index (χ4n) is 1.05. The molecule has 0 aromatic carbocycles. The molecule has 6 heteroatoms. The van der Waals surface area contributed by atoms with E-state index in [0.717, 1.165) is 4.47 Å². The molecular weight excluding hydrogens is 272 g/mol. The van der Waals surface area contributed by atoms with Crippen LogP contribution in [0.2, 0.25) is 0 Å². The molecule has 2 rings (SSSR count). The van der Waals surface area contributed by atoms with Crippen molar-refractivity contribution in [1.82, 2.24) is 15.0 Å². The van der Waals surface area contributed by atoms with Gasteiger partial charge in [0.15, 0.2) is 0 Å². The van der Waals surface area contributed by atoms with E-state index in [4.69, 9.17) is 0 Å².